The Bertz CT molecular complexity index is 225. The van der Waals surface area contributed by atoms with Gasteiger partial charge >= 0.3 is 5.97 Å². The number of carbonyl (C=O) groups is 1. The van der Waals surface area contributed by atoms with Crippen molar-refractivity contribution in [3.05, 3.63) is 0 Å². The third kappa shape index (κ3) is 3.82. The van der Waals surface area contributed by atoms with Crippen LogP contribution in [0.4, 0.5) is 0 Å². The van der Waals surface area contributed by atoms with Crippen LogP contribution in [0.5, 0.6) is 0 Å². The number of aliphatic hydroxyl groups is 1. The van der Waals surface area contributed by atoms with Gasteiger partial charge in [0.25, 0.3) is 0 Å². The van der Waals surface area contributed by atoms with E-state index in [1.165, 1.54) is 6.42 Å². The van der Waals surface area contributed by atoms with Crippen molar-refractivity contribution in [3.8, 4) is 0 Å². The molecule has 88 valence electrons. The molecular weight excluding hydrogens is 192 g/mol. The molecule has 1 fully saturated rings. The first-order chi connectivity index (χ1) is 6.93. The smallest absolute Gasteiger partial charge is 0.303 e. The van der Waals surface area contributed by atoms with Crippen LogP contribution in [0.1, 0.15) is 52.4 Å². The van der Waals surface area contributed by atoms with E-state index in [1.807, 2.05) is 0 Å². The van der Waals surface area contributed by atoms with Crippen molar-refractivity contribution in [3.63, 3.8) is 0 Å². The molecule has 0 heterocycles. The number of carboxylic acids is 1. The van der Waals surface area contributed by atoms with E-state index in [0.717, 1.165) is 19.3 Å². The molecule has 0 radical (unpaired) electrons. The van der Waals surface area contributed by atoms with Crippen molar-refractivity contribution < 1.29 is 15.0 Å². The van der Waals surface area contributed by atoms with E-state index in [1.54, 1.807) is 0 Å². The minimum Gasteiger partial charge on any atom is -0.481 e. The average Bonchev–Trinajstić information content (AvgIpc) is 2.15. The molecule has 15 heavy (non-hydrogen) atoms. The van der Waals surface area contributed by atoms with Crippen LogP contribution in [0.3, 0.4) is 0 Å². The van der Waals surface area contributed by atoms with E-state index in [4.69, 9.17) is 5.11 Å². The van der Waals surface area contributed by atoms with Gasteiger partial charge in [-0.3, -0.25) is 4.79 Å². The lowest BCUT2D eigenvalue weighted by molar-refractivity contribution is -0.139. The third-order valence-corrected chi connectivity index (χ3v) is 3.61. The first-order valence-corrected chi connectivity index (χ1v) is 5.87. The molecule has 0 aliphatic heterocycles. The molecule has 2 unspecified atom stereocenters. The van der Waals surface area contributed by atoms with E-state index in [-0.39, 0.29) is 6.42 Å². The zero-order valence-electron chi connectivity index (χ0n) is 9.70. The summed E-state index contributed by atoms with van der Waals surface area (Å²) in [4.78, 5) is 10.5. The van der Waals surface area contributed by atoms with Gasteiger partial charge in [-0.1, -0.05) is 20.3 Å². The molecule has 0 saturated heterocycles. The summed E-state index contributed by atoms with van der Waals surface area (Å²) in [6.45, 7) is 4.35. The van der Waals surface area contributed by atoms with E-state index in [2.05, 4.69) is 13.8 Å². The van der Waals surface area contributed by atoms with Gasteiger partial charge in [0, 0.05) is 6.42 Å². The van der Waals surface area contributed by atoms with E-state index in [9.17, 15) is 9.90 Å². The molecule has 1 saturated carbocycles. The van der Waals surface area contributed by atoms with Gasteiger partial charge in [0.05, 0.1) is 5.60 Å². The highest BCUT2D eigenvalue weighted by Gasteiger charge is 2.35. The molecule has 1 rings (SSSR count). The Labute approximate surface area is 91.5 Å². The van der Waals surface area contributed by atoms with Crippen LogP contribution in [0.25, 0.3) is 0 Å². The Balaban J connectivity index is 2.48. The van der Waals surface area contributed by atoms with Crippen LogP contribution in [0, 0.1) is 11.8 Å². The number of hydrogen-bond acceptors (Lipinski definition) is 2. The van der Waals surface area contributed by atoms with Gasteiger partial charge in [0.15, 0.2) is 0 Å². The monoisotopic (exact) mass is 214 g/mol. The largest absolute Gasteiger partial charge is 0.481 e. The normalized spacial score (nSPS) is 31.9. The highest BCUT2D eigenvalue weighted by Crippen LogP contribution is 2.38. The predicted octanol–water partition coefficient (Wildman–Crippen LogP) is 2.43. The molecule has 2 atom stereocenters. The third-order valence-electron chi connectivity index (χ3n) is 3.61. The standard InChI is InChI=1S/C12H22O3/c1-9(2)10-4-3-6-12(15,8-10)7-5-11(13)14/h9-10,15H,3-8H2,1-2H3,(H,13,14). The second kappa shape index (κ2) is 4.97. The summed E-state index contributed by atoms with van der Waals surface area (Å²) >= 11 is 0. The first kappa shape index (κ1) is 12.5. The lowest BCUT2D eigenvalue weighted by atomic mass is 9.72. The molecule has 2 N–H and O–H groups in total. The molecule has 1 aliphatic carbocycles. The molecule has 0 bridgehead atoms. The fourth-order valence-electron chi connectivity index (χ4n) is 2.52. The molecule has 3 nitrogen and oxygen atoms in total. The summed E-state index contributed by atoms with van der Waals surface area (Å²) in [5, 5.41) is 18.9. The molecule has 0 aromatic heterocycles. The van der Waals surface area contributed by atoms with Crippen LogP contribution in [0.2, 0.25) is 0 Å². The minimum atomic E-state index is -0.810. The summed E-state index contributed by atoms with van der Waals surface area (Å²) < 4.78 is 0. The van der Waals surface area contributed by atoms with Crippen molar-refractivity contribution >= 4 is 5.97 Å². The highest BCUT2D eigenvalue weighted by molar-refractivity contribution is 5.66. The molecule has 0 aromatic rings. The fraction of sp³-hybridized carbons (Fsp3) is 0.917. The van der Waals surface area contributed by atoms with Gasteiger partial charge < -0.3 is 10.2 Å². The van der Waals surface area contributed by atoms with Crippen LogP contribution in [-0.4, -0.2) is 21.8 Å². The number of carboxylic acid groups (broad SMARTS) is 1. The quantitative estimate of drug-likeness (QED) is 0.755. The van der Waals surface area contributed by atoms with Gasteiger partial charge in [-0.05, 0) is 37.5 Å². The number of hydrogen-bond donors (Lipinski definition) is 2. The van der Waals surface area contributed by atoms with Gasteiger partial charge in [0.2, 0.25) is 0 Å². The Morgan fingerprint density at radius 1 is 1.53 bits per heavy atom. The summed E-state index contributed by atoms with van der Waals surface area (Å²) in [7, 11) is 0. The maximum Gasteiger partial charge on any atom is 0.303 e. The molecule has 3 heteroatoms. The molecule has 0 amide bonds. The van der Waals surface area contributed by atoms with Gasteiger partial charge in [-0.25, -0.2) is 0 Å². The van der Waals surface area contributed by atoms with Crippen molar-refractivity contribution in [1.29, 1.82) is 0 Å². The maximum absolute atomic E-state index is 10.5. The topological polar surface area (TPSA) is 57.5 Å². The van der Waals surface area contributed by atoms with Crippen LogP contribution in [0.15, 0.2) is 0 Å². The lowest BCUT2D eigenvalue weighted by Gasteiger charge is -2.38. The van der Waals surface area contributed by atoms with Gasteiger partial charge in [0.1, 0.15) is 0 Å². The van der Waals surface area contributed by atoms with E-state index in [0.29, 0.717) is 18.3 Å². The molecule has 0 aromatic carbocycles. The Morgan fingerprint density at radius 2 is 2.20 bits per heavy atom. The van der Waals surface area contributed by atoms with Crippen LogP contribution in [-0.2, 0) is 4.79 Å². The van der Waals surface area contributed by atoms with Crippen molar-refractivity contribution in [2.75, 3.05) is 0 Å². The molecular formula is C12H22O3. The first-order valence-electron chi connectivity index (χ1n) is 5.87. The van der Waals surface area contributed by atoms with Crippen molar-refractivity contribution in [2.24, 2.45) is 11.8 Å². The SMILES string of the molecule is CC(C)C1CCCC(O)(CCC(=O)O)C1. The average molecular weight is 214 g/mol. The second-order valence-electron chi connectivity index (χ2n) is 5.22. The van der Waals surface area contributed by atoms with Crippen molar-refractivity contribution in [2.45, 2.75) is 58.0 Å². The fourth-order valence-corrected chi connectivity index (χ4v) is 2.52. The predicted molar refractivity (Wildman–Crippen MR) is 58.6 cm³/mol. The van der Waals surface area contributed by atoms with Gasteiger partial charge in [-0.2, -0.15) is 0 Å². The Morgan fingerprint density at radius 3 is 2.73 bits per heavy atom. The second-order valence-corrected chi connectivity index (χ2v) is 5.22. The summed E-state index contributed by atoms with van der Waals surface area (Å²) in [6.07, 6.45) is 4.24. The van der Waals surface area contributed by atoms with E-state index < -0.39 is 11.6 Å². The van der Waals surface area contributed by atoms with Gasteiger partial charge in [-0.15, -0.1) is 0 Å². The summed E-state index contributed by atoms with van der Waals surface area (Å²) in [5.41, 5.74) is -0.717. The minimum absolute atomic E-state index is 0.0846. The maximum atomic E-state index is 10.5. The van der Waals surface area contributed by atoms with Crippen molar-refractivity contribution in [1.82, 2.24) is 0 Å². The van der Waals surface area contributed by atoms with Crippen LogP contribution < -0.4 is 0 Å². The zero-order chi connectivity index (χ0) is 11.5. The molecule has 0 spiro atoms. The molecule has 1 aliphatic rings. The number of rotatable bonds is 4. The van der Waals surface area contributed by atoms with E-state index >= 15 is 0 Å². The summed E-state index contributed by atoms with van der Waals surface area (Å²) in [5.74, 6) is 0.328. The summed E-state index contributed by atoms with van der Waals surface area (Å²) in [6, 6.07) is 0. The highest BCUT2D eigenvalue weighted by atomic mass is 16.4. The number of aliphatic carboxylic acids is 1. The Hall–Kier alpha value is -0.570. The zero-order valence-corrected chi connectivity index (χ0v) is 9.70. The lowest BCUT2D eigenvalue weighted by Crippen LogP contribution is -2.37. The van der Waals surface area contributed by atoms with Crippen LogP contribution >= 0.6 is 0 Å². The Kier molecular flexibility index (Phi) is 4.14.